The average molecular weight is 927 g/mol. The van der Waals surface area contributed by atoms with Gasteiger partial charge in [-0.15, -0.1) is 0 Å². The Morgan fingerprint density at radius 2 is 0.765 bits per heavy atom. The van der Waals surface area contributed by atoms with Gasteiger partial charge in [0.1, 0.15) is 37.9 Å². The van der Waals surface area contributed by atoms with Crippen LogP contribution in [0.25, 0.3) is 21.5 Å². The van der Waals surface area contributed by atoms with Crippen molar-refractivity contribution in [3.63, 3.8) is 0 Å². The lowest BCUT2D eigenvalue weighted by Gasteiger charge is -2.16. The Bertz CT molecular complexity index is 2500. The molecule has 68 heavy (non-hydrogen) atoms. The molecule has 0 atom stereocenters. The van der Waals surface area contributed by atoms with E-state index in [0.717, 1.165) is 27.1 Å². The molecule has 2 aliphatic rings. The van der Waals surface area contributed by atoms with Gasteiger partial charge in [-0.1, -0.05) is 60.7 Å². The number of hydrogen-bond acceptors (Lipinski definition) is 14. The summed E-state index contributed by atoms with van der Waals surface area (Å²) < 4.78 is 57.6. The van der Waals surface area contributed by atoms with Crippen LogP contribution >= 0.6 is 0 Å². The summed E-state index contributed by atoms with van der Waals surface area (Å²) in [5.74, 6) is 2.37. The first-order valence-corrected chi connectivity index (χ1v) is 23.0. The number of aromatic hydroxyl groups is 2. The zero-order valence-corrected chi connectivity index (χ0v) is 38.2. The summed E-state index contributed by atoms with van der Waals surface area (Å²) in [5.41, 5.74) is 4.50. The van der Waals surface area contributed by atoms with E-state index >= 15 is 0 Å². The molecule has 0 bridgehead atoms. The van der Waals surface area contributed by atoms with E-state index in [0.29, 0.717) is 175 Å². The summed E-state index contributed by atoms with van der Waals surface area (Å²) >= 11 is 0. The van der Waals surface area contributed by atoms with Crippen molar-refractivity contribution in [3.05, 3.63) is 131 Å². The Morgan fingerprint density at radius 1 is 0.426 bits per heavy atom. The van der Waals surface area contributed by atoms with Crippen LogP contribution < -0.4 is 18.9 Å². The number of fused-ring (bicyclic) bond motifs is 4. The fourth-order valence-corrected chi connectivity index (χ4v) is 7.82. The minimum absolute atomic E-state index is 0.0957. The molecule has 0 saturated carbocycles. The van der Waals surface area contributed by atoms with Crippen molar-refractivity contribution < 1.29 is 57.6 Å². The monoisotopic (exact) mass is 926 g/mol. The van der Waals surface area contributed by atoms with Gasteiger partial charge < -0.3 is 57.6 Å². The van der Waals surface area contributed by atoms with Gasteiger partial charge in [-0.2, -0.15) is 0 Å². The normalized spacial score (nSPS) is 16.5. The van der Waals surface area contributed by atoms with Gasteiger partial charge in [-0.05, 0) is 70.8 Å². The average Bonchev–Trinajstić information content (AvgIpc) is 3.37. The van der Waals surface area contributed by atoms with Crippen molar-refractivity contribution in [1.82, 2.24) is 0 Å². The zero-order valence-electron chi connectivity index (χ0n) is 38.2. The second-order valence-electron chi connectivity index (χ2n) is 16.0. The summed E-state index contributed by atoms with van der Waals surface area (Å²) in [4.78, 5) is 9.54. The summed E-state index contributed by atoms with van der Waals surface area (Å²) in [7, 11) is 0. The Labute approximate surface area is 396 Å². The third kappa shape index (κ3) is 13.3. The smallest absolute Gasteiger partial charge is 0.163 e. The molecule has 0 aliphatic carbocycles. The minimum Gasteiger partial charge on any atom is -0.507 e. The minimum atomic E-state index is 0.0957. The van der Waals surface area contributed by atoms with Crippen LogP contribution in [0.3, 0.4) is 0 Å². The van der Waals surface area contributed by atoms with Crippen molar-refractivity contribution in [2.75, 3.05) is 106 Å². The van der Waals surface area contributed by atoms with Crippen LogP contribution in [0.2, 0.25) is 0 Å². The van der Waals surface area contributed by atoms with E-state index in [4.69, 9.17) is 57.4 Å². The van der Waals surface area contributed by atoms with Gasteiger partial charge in [0.2, 0.25) is 0 Å². The van der Waals surface area contributed by atoms with Gasteiger partial charge in [-0.3, -0.25) is 9.98 Å². The Morgan fingerprint density at radius 3 is 1.15 bits per heavy atom. The van der Waals surface area contributed by atoms with Gasteiger partial charge in [0.25, 0.3) is 0 Å². The van der Waals surface area contributed by atoms with E-state index < -0.39 is 0 Å². The molecule has 0 radical (unpaired) electrons. The molecule has 356 valence electrons. The summed E-state index contributed by atoms with van der Waals surface area (Å²) in [5, 5.41) is 27.5. The fraction of sp³-hybridized carbons (Fsp3) is 0.333. The molecular formula is C54H58N2O12. The molecule has 0 unspecified atom stereocenters. The highest BCUT2D eigenvalue weighted by Crippen LogP contribution is 2.38. The number of hydrogen-bond donors (Lipinski definition) is 2. The van der Waals surface area contributed by atoms with Crippen molar-refractivity contribution >= 4 is 45.3 Å². The van der Waals surface area contributed by atoms with Crippen LogP contribution in [0.4, 0.5) is 11.4 Å². The SMILES string of the molecule is C=C(Cc1c(O)c(C=Nc2ccc3c(c2)OCCOCCOCCOCCO3)cc2ccccc12)Cc1c(O)c(C=Nc2ccc3c(c2)OCCOCCOCCOCCO3)cc2ccccc12. The van der Waals surface area contributed by atoms with Crippen molar-refractivity contribution in [2.24, 2.45) is 9.98 Å². The first kappa shape index (κ1) is 48.0. The molecule has 2 aliphatic heterocycles. The molecule has 14 heteroatoms. The quantitative estimate of drug-likeness (QED) is 0.111. The first-order valence-electron chi connectivity index (χ1n) is 23.0. The molecule has 0 fully saturated rings. The number of ether oxygens (including phenoxy) is 10. The molecule has 0 amide bonds. The van der Waals surface area contributed by atoms with Crippen LogP contribution in [0.5, 0.6) is 34.5 Å². The first-order chi connectivity index (χ1) is 33.5. The van der Waals surface area contributed by atoms with E-state index in [2.05, 4.69) is 6.58 Å². The summed E-state index contributed by atoms with van der Waals surface area (Å²) in [6.07, 6.45) is 3.98. The van der Waals surface area contributed by atoms with E-state index in [1.54, 1.807) is 24.6 Å². The Balaban J connectivity index is 1.01. The van der Waals surface area contributed by atoms with Crippen molar-refractivity contribution in [1.29, 1.82) is 0 Å². The van der Waals surface area contributed by atoms with Crippen LogP contribution in [-0.4, -0.2) is 128 Å². The van der Waals surface area contributed by atoms with Crippen LogP contribution in [-0.2, 0) is 41.3 Å². The number of phenolic OH excluding ortho intramolecular Hbond substituents is 2. The number of nitrogens with zero attached hydrogens (tertiary/aromatic N) is 2. The number of allylic oxidation sites excluding steroid dienone is 1. The molecule has 0 spiro atoms. The number of rotatable bonds is 8. The van der Waals surface area contributed by atoms with Gasteiger partial charge in [0, 0.05) is 46.8 Å². The molecule has 6 aromatic carbocycles. The molecule has 6 aromatic rings. The zero-order chi connectivity index (χ0) is 46.8. The van der Waals surface area contributed by atoms with Gasteiger partial charge in [0.05, 0.1) is 90.7 Å². The molecule has 0 saturated heterocycles. The standard InChI is InChI=1S/C54H58N2O12/c1-38(30-47-45-8-4-2-6-39(45)32-41(53(47)57)36-55-43-10-12-49-51(34-43)67-28-24-63-20-16-59-14-18-61-22-26-65-49)31-48-46-9-5-3-7-40(46)33-42(54(48)58)37-56-44-11-13-50-52(35-44)68-29-25-64-21-17-60-15-19-62-23-27-66-50/h2-13,32-37,57-58H,1,14-31H2. The Kier molecular flexibility index (Phi) is 17.6. The maximum Gasteiger partial charge on any atom is 0.163 e. The molecule has 2 N–H and O–H groups in total. The molecule has 8 rings (SSSR count). The van der Waals surface area contributed by atoms with Crippen LogP contribution in [0, 0.1) is 0 Å². The number of phenols is 2. The maximum atomic E-state index is 11.9. The van der Waals surface area contributed by atoms with Crippen molar-refractivity contribution in [3.8, 4) is 34.5 Å². The van der Waals surface area contributed by atoms with Crippen LogP contribution in [0.15, 0.2) is 119 Å². The van der Waals surface area contributed by atoms with E-state index in [1.165, 1.54) is 0 Å². The third-order valence-electron chi connectivity index (χ3n) is 11.2. The fourth-order valence-electron chi connectivity index (χ4n) is 7.82. The molecule has 0 aromatic heterocycles. The molecule has 2 heterocycles. The Hall–Kier alpha value is -6.52. The predicted octanol–water partition coefficient (Wildman–Crippen LogP) is 8.89. The largest absolute Gasteiger partial charge is 0.507 e. The summed E-state index contributed by atoms with van der Waals surface area (Å²) in [6.45, 7) is 11.2. The number of benzene rings is 6. The van der Waals surface area contributed by atoms with E-state index in [-0.39, 0.29) is 11.5 Å². The van der Waals surface area contributed by atoms with E-state index in [1.807, 2.05) is 84.9 Å². The maximum absolute atomic E-state index is 11.9. The topological polar surface area (TPSA) is 157 Å². The highest BCUT2D eigenvalue weighted by molar-refractivity contribution is 5.98. The van der Waals surface area contributed by atoms with Gasteiger partial charge in [-0.25, -0.2) is 0 Å². The van der Waals surface area contributed by atoms with E-state index in [9.17, 15) is 10.2 Å². The highest BCUT2D eigenvalue weighted by Gasteiger charge is 2.18. The lowest BCUT2D eigenvalue weighted by molar-refractivity contribution is 0.00708. The van der Waals surface area contributed by atoms with Gasteiger partial charge >= 0.3 is 0 Å². The van der Waals surface area contributed by atoms with Crippen LogP contribution in [0.1, 0.15) is 22.3 Å². The highest BCUT2D eigenvalue weighted by atomic mass is 16.6. The molecule has 14 nitrogen and oxygen atoms in total. The second-order valence-corrected chi connectivity index (χ2v) is 16.0. The second kappa shape index (κ2) is 25.0. The summed E-state index contributed by atoms with van der Waals surface area (Å²) in [6, 6.07) is 30.6. The number of aliphatic imine (C=N–C) groups is 2. The third-order valence-corrected chi connectivity index (χ3v) is 11.2. The van der Waals surface area contributed by atoms with Crippen molar-refractivity contribution in [2.45, 2.75) is 12.8 Å². The molecular weight excluding hydrogens is 869 g/mol. The van der Waals surface area contributed by atoms with Gasteiger partial charge in [0.15, 0.2) is 23.0 Å². The lowest BCUT2D eigenvalue weighted by atomic mass is 9.90. The lowest BCUT2D eigenvalue weighted by Crippen LogP contribution is -2.13. The predicted molar refractivity (Wildman–Crippen MR) is 262 cm³/mol.